The van der Waals surface area contributed by atoms with Crippen molar-refractivity contribution < 1.29 is 9.53 Å². The Morgan fingerprint density at radius 1 is 1.04 bits per heavy atom. The van der Waals surface area contributed by atoms with Gasteiger partial charge in [0.1, 0.15) is 0 Å². The van der Waals surface area contributed by atoms with Gasteiger partial charge in [-0.2, -0.15) is 0 Å². The van der Waals surface area contributed by atoms with Crippen LogP contribution >= 0.6 is 0 Å². The van der Waals surface area contributed by atoms with Crippen LogP contribution < -0.4 is 15.5 Å². The second-order valence-corrected chi connectivity index (χ2v) is 7.48. The number of hydrogen-bond acceptors (Lipinski definition) is 3. The summed E-state index contributed by atoms with van der Waals surface area (Å²) < 4.78 is 5.39. The molecule has 0 spiro atoms. The molecule has 1 fully saturated rings. The van der Waals surface area contributed by atoms with Gasteiger partial charge in [-0.25, -0.2) is 4.79 Å². The molecule has 3 rings (SSSR count). The highest BCUT2D eigenvalue weighted by Gasteiger charge is 2.15. The van der Waals surface area contributed by atoms with Crippen molar-refractivity contribution in [1.82, 2.24) is 5.32 Å². The molecule has 1 heterocycles. The molecule has 0 unspecified atom stereocenters. The van der Waals surface area contributed by atoms with Crippen LogP contribution in [0.5, 0.6) is 0 Å². The zero-order valence-electron chi connectivity index (χ0n) is 16.9. The lowest BCUT2D eigenvalue weighted by Gasteiger charge is -2.32. The molecule has 2 aromatic carbocycles. The molecule has 5 heteroatoms. The fourth-order valence-corrected chi connectivity index (χ4v) is 3.35. The number of nitrogens with zero attached hydrogens (tertiary/aromatic N) is 1. The molecule has 1 aliphatic rings. The summed E-state index contributed by atoms with van der Waals surface area (Å²) >= 11 is 0. The number of rotatable bonds is 7. The quantitative estimate of drug-likeness (QED) is 0.726. The van der Waals surface area contributed by atoms with E-state index in [0.717, 1.165) is 35.8 Å². The van der Waals surface area contributed by atoms with Gasteiger partial charge in [0.05, 0.1) is 6.61 Å². The Hall–Kier alpha value is -2.53. The van der Waals surface area contributed by atoms with E-state index in [-0.39, 0.29) is 6.03 Å². The van der Waals surface area contributed by atoms with E-state index in [1.165, 1.54) is 18.5 Å². The Bertz CT molecular complexity index is 735. The van der Waals surface area contributed by atoms with E-state index in [1.807, 2.05) is 43.3 Å². The largest absolute Gasteiger partial charge is 0.377 e. The second kappa shape index (κ2) is 10.1. The molecular weight excluding hydrogens is 350 g/mol. The first-order valence-corrected chi connectivity index (χ1v) is 10.2. The molecule has 0 aliphatic carbocycles. The van der Waals surface area contributed by atoms with E-state index in [0.29, 0.717) is 19.8 Å². The molecule has 2 N–H and O–H groups in total. The van der Waals surface area contributed by atoms with Gasteiger partial charge in [0.25, 0.3) is 0 Å². The summed E-state index contributed by atoms with van der Waals surface area (Å²) in [4.78, 5) is 14.6. The Labute approximate surface area is 168 Å². The van der Waals surface area contributed by atoms with Crippen LogP contribution in [0.3, 0.4) is 0 Å². The zero-order chi connectivity index (χ0) is 19.8. The maximum atomic E-state index is 12.2. The third kappa shape index (κ3) is 5.99. The summed E-state index contributed by atoms with van der Waals surface area (Å²) in [6.45, 7) is 8.34. The average Bonchev–Trinajstić information content (AvgIpc) is 2.73. The Balaban J connectivity index is 1.44. The lowest BCUT2D eigenvalue weighted by atomic mass is 9.99. The molecule has 0 saturated carbocycles. The predicted octanol–water partition coefficient (Wildman–Crippen LogP) is 4.78. The highest BCUT2D eigenvalue weighted by molar-refractivity contribution is 5.89. The Kier molecular flexibility index (Phi) is 7.31. The molecule has 1 aliphatic heterocycles. The van der Waals surface area contributed by atoms with Crippen molar-refractivity contribution in [2.24, 2.45) is 5.92 Å². The maximum absolute atomic E-state index is 12.2. The van der Waals surface area contributed by atoms with Crippen LogP contribution in [0.2, 0.25) is 0 Å². The van der Waals surface area contributed by atoms with Crippen molar-refractivity contribution in [2.75, 3.05) is 29.9 Å². The van der Waals surface area contributed by atoms with E-state index in [2.05, 4.69) is 34.6 Å². The standard InChI is InChI=1S/C23H31N3O2/c1-3-28-17-20-6-4-19(5-7-20)16-24-23(27)25-21-8-10-22(11-9-21)26-14-12-18(2)13-15-26/h4-11,18H,3,12-17H2,1-2H3,(H2,24,25,27). The molecule has 0 aromatic heterocycles. The van der Waals surface area contributed by atoms with Gasteiger partial charge >= 0.3 is 6.03 Å². The number of carbonyl (C=O) groups is 1. The van der Waals surface area contributed by atoms with Gasteiger partial charge in [-0.15, -0.1) is 0 Å². The van der Waals surface area contributed by atoms with Crippen molar-refractivity contribution in [3.63, 3.8) is 0 Å². The monoisotopic (exact) mass is 381 g/mol. The molecular formula is C23H31N3O2. The van der Waals surface area contributed by atoms with Gasteiger partial charge in [-0.05, 0) is 61.1 Å². The molecule has 2 amide bonds. The zero-order valence-corrected chi connectivity index (χ0v) is 16.9. The molecule has 0 radical (unpaired) electrons. The highest BCUT2D eigenvalue weighted by atomic mass is 16.5. The van der Waals surface area contributed by atoms with Gasteiger partial charge in [-0.1, -0.05) is 31.2 Å². The first-order valence-electron chi connectivity index (χ1n) is 10.2. The number of ether oxygens (including phenoxy) is 1. The molecule has 1 saturated heterocycles. The predicted molar refractivity (Wildman–Crippen MR) is 115 cm³/mol. The number of hydrogen-bond donors (Lipinski definition) is 2. The lowest BCUT2D eigenvalue weighted by molar-refractivity contribution is 0.134. The van der Waals surface area contributed by atoms with E-state index in [9.17, 15) is 4.79 Å². The van der Waals surface area contributed by atoms with Crippen molar-refractivity contribution in [3.8, 4) is 0 Å². The first-order chi connectivity index (χ1) is 13.6. The summed E-state index contributed by atoms with van der Waals surface area (Å²) in [6, 6.07) is 16.0. The van der Waals surface area contributed by atoms with Crippen LogP contribution in [0.15, 0.2) is 48.5 Å². The van der Waals surface area contributed by atoms with Crippen LogP contribution in [-0.2, 0) is 17.9 Å². The number of anilines is 2. The lowest BCUT2D eigenvalue weighted by Crippen LogP contribution is -2.32. The number of piperidine rings is 1. The number of amides is 2. The number of urea groups is 1. The third-order valence-electron chi connectivity index (χ3n) is 5.22. The number of carbonyl (C=O) groups excluding carboxylic acids is 1. The summed E-state index contributed by atoms with van der Waals surface area (Å²) in [5.74, 6) is 0.821. The van der Waals surface area contributed by atoms with Gasteiger partial charge in [0, 0.05) is 37.6 Å². The molecule has 150 valence electrons. The van der Waals surface area contributed by atoms with Crippen LogP contribution in [0.25, 0.3) is 0 Å². The summed E-state index contributed by atoms with van der Waals surface area (Å²) in [5, 5.41) is 5.80. The van der Waals surface area contributed by atoms with Gasteiger partial charge in [0.15, 0.2) is 0 Å². The molecule has 0 bridgehead atoms. The topological polar surface area (TPSA) is 53.6 Å². The molecule has 0 atom stereocenters. The number of nitrogens with one attached hydrogen (secondary N) is 2. The normalized spacial score (nSPS) is 14.7. The average molecular weight is 382 g/mol. The van der Waals surface area contributed by atoms with Gasteiger partial charge < -0.3 is 20.3 Å². The minimum atomic E-state index is -0.196. The number of benzene rings is 2. The highest BCUT2D eigenvalue weighted by Crippen LogP contribution is 2.24. The minimum Gasteiger partial charge on any atom is -0.377 e. The van der Waals surface area contributed by atoms with Crippen molar-refractivity contribution in [2.45, 2.75) is 39.8 Å². The van der Waals surface area contributed by atoms with Crippen LogP contribution in [0.4, 0.5) is 16.2 Å². The summed E-state index contributed by atoms with van der Waals surface area (Å²) in [5.41, 5.74) is 4.23. The maximum Gasteiger partial charge on any atom is 0.319 e. The van der Waals surface area contributed by atoms with E-state index >= 15 is 0 Å². The third-order valence-corrected chi connectivity index (χ3v) is 5.22. The Morgan fingerprint density at radius 3 is 2.32 bits per heavy atom. The van der Waals surface area contributed by atoms with Crippen LogP contribution in [0, 0.1) is 5.92 Å². The smallest absolute Gasteiger partial charge is 0.319 e. The van der Waals surface area contributed by atoms with Crippen molar-refractivity contribution >= 4 is 17.4 Å². The van der Waals surface area contributed by atoms with E-state index in [4.69, 9.17) is 4.74 Å². The fraction of sp³-hybridized carbons (Fsp3) is 0.435. The molecule has 28 heavy (non-hydrogen) atoms. The summed E-state index contributed by atoms with van der Waals surface area (Å²) in [7, 11) is 0. The second-order valence-electron chi connectivity index (χ2n) is 7.48. The SMILES string of the molecule is CCOCc1ccc(CNC(=O)Nc2ccc(N3CCC(C)CC3)cc2)cc1. The molecule has 5 nitrogen and oxygen atoms in total. The fourth-order valence-electron chi connectivity index (χ4n) is 3.35. The Morgan fingerprint density at radius 2 is 1.68 bits per heavy atom. The van der Waals surface area contributed by atoms with Crippen molar-refractivity contribution in [3.05, 3.63) is 59.7 Å². The first kappa shape index (κ1) is 20.2. The van der Waals surface area contributed by atoms with Crippen molar-refractivity contribution in [1.29, 1.82) is 0 Å². The summed E-state index contributed by atoms with van der Waals surface area (Å²) in [6.07, 6.45) is 2.49. The van der Waals surface area contributed by atoms with E-state index < -0.39 is 0 Å². The van der Waals surface area contributed by atoms with Gasteiger partial charge in [0.2, 0.25) is 0 Å². The van der Waals surface area contributed by atoms with Crippen LogP contribution in [-0.4, -0.2) is 25.7 Å². The van der Waals surface area contributed by atoms with E-state index in [1.54, 1.807) is 0 Å². The molecule has 2 aromatic rings. The van der Waals surface area contributed by atoms with Gasteiger partial charge in [-0.3, -0.25) is 0 Å². The van der Waals surface area contributed by atoms with Crippen LogP contribution in [0.1, 0.15) is 37.8 Å². The minimum absolute atomic E-state index is 0.196.